The molecule has 0 N–H and O–H groups in total. The maximum atomic E-state index is 11.3. The molecule has 0 unspecified atom stereocenters. The second-order valence-electron chi connectivity index (χ2n) is 5.03. The highest BCUT2D eigenvalue weighted by Crippen LogP contribution is 2.34. The lowest BCUT2D eigenvalue weighted by Crippen LogP contribution is -2.46. The quantitative estimate of drug-likeness (QED) is 0.517. The predicted octanol–water partition coefficient (Wildman–Crippen LogP) is 1.02. The van der Waals surface area contributed by atoms with Crippen LogP contribution in [0.5, 0.6) is 0 Å². The first-order valence-corrected chi connectivity index (χ1v) is 6.89. The summed E-state index contributed by atoms with van der Waals surface area (Å²) < 4.78 is 0. The summed E-state index contributed by atoms with van der Waals surface area (Å²) in [4.78, 5) is 22.1. The molecular formula is C14H24O4-2. The SMILES string of the molecule is CCCCCC(CCCCC)(CC(=O)[O-])C(=O)[O-]. The molecule has 0 rings (SSSR count). The summed E-state index contributed by atoms with van der Waals surface area (Å²) in [5.74, 6) is -2.54. The van der Waals surface area contributed by atoms with E-state index in [0.717, 1.165) is 38.5 Å². The molecule has 0 bridgehead atoms. The zero-order valence-corrected chi connectivity index (χ0v) is 11.5. The lowest BCUT2D eigenvalue weighted by molar-refractivity contribution is -0.329. The fourth-order valence-electron chi connectivity index (χ4n) is 2.28. The molecule has 0 atom stereocenters. The van der Waals surface area contributed by atoms with E-state index in [1.54, 1.807) is 0 Å². The summed E-state index contributed by atoms with van der Waals surface area (Å²) in [7, 11) is 0. The van der Waals surface area contributed by atoms with E-state index in [1.165, 1.54) is 0 Å². The normalized spacial score (nSPS) is 11.4. The molecule has 106 valence electrons. The van der Waals surface area contributed by atoms with Gasteiger partial charge in [0.2, 0.25) is 0 Å². The Morgan fingerprint density at radius 1 is 0.889 bits per heavy atom. The average molecular weight is 256 g/mol. The zero-order chi connectivity index (χ0) is 14.0. The third-order valence-corrected chi connectivity index (χ3v) is 3.43. The smallest absolute Gasteiger partial charge is 0.0479 e. The van der Waals surface area contributed by atoms with Gasteiger partial charge in [-0.1, -0.05) is 52.4 Å². The lowest BCUT2D eigenvalue weighted by Gasteiger charge is -2.35. The molecule has 4 nitrogen and oxygen atoms in total. The van der Waals surface area contributed by atoms with E-state index in [-0.39, 0.29) is 0 Å². The van der Waals surface area contributed by atoms with Gasteiger partial charge < -0.3 is 19.8 Å². The molecule has 0 saturated carbocycles. The molecule has 0 aliphatic carbocycles. The Morgan fingerprint density at radius 3 is 1.61 bits per heavy atom. The van der Waals surface area contributed by atoms with Crippen LogP contribution in [0.15, 0.2) is 0 Å². The number of aliphatic carboxylic acids is 2. The van der Waals surface area contributed by atoms with Crippen LogP contribution in [0, 0.1) is 5.41 Å². The van der Waals surface area contributed by atoms with Gasteiger partial charge in [-0.05, 0) is 19.3 Å². The number of hydrogen-bond donors (Lipinski definition) is 0. The number of carboxylic acid groups (broad SMARTS) is 2. The van der Waals surface area contributed by atoms with Crippen LogP contribution in [0.4, 0.5) is 0 Å². The Morgan fingerprint density at radius 2 is 1.33 bits per heavy atom. The van der Waals surface area contributed by atoms with Crippen LogP contribution in [0.3, 0.4) is 0 Å². The van der Waals surface area contributed by atoms with Gasteiger partial charge in [-0.2, -0.15) is 0 Å². The number of carbonyl (C=O) groups is 2. The van der Waals surface area contributed by atoms with Crippen molar-refractivity contribution in [2.75, 3.05) is 0 Å². The first-order chi connectivity index (χ1) is 8.48. The average Bonchev–Trinajstić information content (AvgIpc) is 2.28. The van der Waals surface area contributed by atoms with Gasteiger partial charge in [0.15, 0.2) is 0 Å². The molecule has 0 spiro atoms. The van der Waals surface area contributed by atoms with E-state index < -0.39 is 23.8 Å². The van der Waals surface area contributed by atoms with Crippen molar-refractivity contribution in [3.8, 4) is 0 Å². The van der Waals surface area contributed by atoms with Crippen LogP contribution < -0.4 is 10.2 Å². The maximum Gasteiger partial charge on any atom is 0.0479 e. The van der Waals surface area contributed by atoms with E-state index in [9.17, 15) is 19.8 Å². The molecule has 0 aromatic heterocycles. The fraction of sp³-hybridized carbons (Fsp3) is 0.857. The van der Waals surface area contributed by atoms with Crippen LogP contribution in [-0.2, 0) is 9.59 Å². The van der Waals surface area contributed by atoms with Crippen molar-refractivity contribution in [2.24, 2.45) is 5.41 Å². The summed E-state index contributed by atoms with van der Waals surface area (Å²) in [5.41, 5.74) is -1.23. The van der Waals surface area contributed by atoms with Gasteiger partial charge in [0.1, 0.15) is 0 Å². The van der Waals surface area contributed by atoms with Crippen LogP contribution in [0.1, 0.15) is 71.6 Å². The van der Waals surface area contributed by atoms with Gasteiger partial charge in [0, 0.05) is 17.4 Å². The molecule has 0 heterocycles. The molecule has 0 aliphatic rings. The van der Waals surface area contributed by atoms with E-state index in [4.69, 9.17) is 0 Å². The number of hydrogen-bond acceptors (Lipinski definition) is 4. The van der Waals surface area contributed by atoms with Crippen molar-refractivity contribution < 1.29 is 19.8 Å². The highest BCUT2D eigenvalue weighted by Gasteiger charge is 2.30. The Balaban J connectivity index is 4.67. The number of carbonyl (C=O) groups excluding carboxylic acids is 2. The van der Waals surface area contributed by atoms with E-state index in [2.05, 4.69) is 0 Å². The summed E-state index contributed by atoms with van der Waals surface area (Å²) in [6, 6.07) is 0. The second kappa shape index (κ2) is 8.95. The third kappa shape index (κ3) is 6.03. The predicted molar refractivity (Wildman–Crippen MR) is 65.3 cm³/mol. The van der Waals surface area contributed by atoms with Crippen LogP contribution in [0.25, 0.3) is 0 Å². The van der Waals surface area contributed by atoms with Gasteiger partial charge in [0.05, 0.1) is 0 Å². The van der Waals surface area contributed by atoms with Gasteiger partial charge in [-0.15, -0.1) is 0 Å². The van der Waals surface area contributed by atoms with Crippen molar-refractivity contribution >= 4 is 11.9 Å². The molecule has 0 saturated heterocycles. The summed E-state index contributed by atoms with van der Waals surface area (Å²) >= 11 is 0. The summed E-state index contributed by atoms with van der Waals surface area (Å²) in [6.07, 6.45) is 5.55. The molecule has 18 heavy (non-hydrogen) atoms. The summed E-state index contributed by atoms with van der Waals surface area (Å²) in [6.45, 7) is 4.05. The minimum absolute atomic E-state index is 0.376. The molecule has 0 aromatic carbocycles. The molecule has 0 aliphatic heterocycles. The van der Waals surface area contributed by atoms with Gasteiger partial charge >= 0.3 is 0 Å². The Bertz CT molecular complexity index is 251. The lowest BCUT2D eigenvalue weighted by atomic mass is 9.75. The highest BCUT2D eigenvalue weighted by atomic mass is 16.4. The van der Waals surface area contributed by atoms with E-state index >= 15 is 0 Å². The maximum absolute atomic E-state index is 11.3. The largest absolute Gasteiger partial charge is 0.550 e. The van der Waals surface area contributed by atoms with Crippen molar-refractivity contribution in [3.63, 3.8) is 0 Å². The van der Waals surface area contributed by atoms with Crippen LogP contribution in [-0.4, -0.2) is 11.9 Å². The number of rotatable bonds is 11. The molecule has 0 radical (unpaired) electrons. The Labute approximate surface area is 109 Å². The second-order valence-corrected chi connectivity index (χ2v) is 5.03. The standard InChI is InChI=1S/C14H26O4/c1-3-5-7-9-14(13(17)18,11-12(15)16)10-8-6-4-2/h3-11H2,1-2H3,(H,15,16)(H,17,18)/p-2. The highest BCUT2D eigenvalue weighted by molar-refractivity contribution is 5.79. The van der Waals surface area contributed by atoms with Crippen LogP contribution in [0.2, 0.25) is 0 Å². The van der Waals surface area contributed by atoms with Crippen molar-refractivity contribution in [1.29, 1.82) is 0 Å². The Hall–Kier alpha value is -1.06. The molecule has 0 amide bonds. The first kappa shape index (κ1) is 16.9. The molecule has 0 fully saturated rings. The van der Waals surface area contributed by atoms with E-state index in [1.807, 2.05) is 13.8 Å². The minimum Gasteiger partial charge on any atom is -0.550 e. The molecule has 4 heteroatoms. The third-order valence-electron chi connectivity index (χ3n) is 3.43. The number of unbranched alkanes of at least 4 members (excludes halogenated alkanes) is 4. The van der Waals surface area contributed by atoms with Gasteiger partial charge in [-0.25, -0.2) is 0 Å². The fourth-order valence-corrected chi connectivity index (χ4v) is 2.28. The zero-order valence-electron chi connectivity index (χ0n) is 11.5. The monoisotopic (exact) mass is 256 g/mol. The van der Waals surface area contributed by atoms with Crippen LogP contribution >= 0.6 is 0 Å². The summed E-state index contributed by atoms with van der Waals surface area (Å²) in [5, 5.41) is 22.1. The van der Waals surface area contributed by atoms with Crippen molar-refractivity contribution in [1.82, 2.24) is 0 Å². The van der Waals surface area contributed by atoms with Gasteiger partial charge in [-0.3, -0.25) is 0 Å². The Kier molecular flexibility index (Phi) is 8.42. The molecular weight excluding hydrogens is 232 g/mol. The van der Waals surface area contributed by atoms with E-state index in [0.29, 0.717) is 12.8 Å². The topological polar surface area (TPSA) is 80.3 Å². The number of carboxylic acids is 2. The molecule has 0 aromatic rings. The minimum atomic E-state index is -1.30. The van der Waals surface area contributed by atoms with Gasteiger partial charge in [0.25, 0.3) is 0 Å². The van der Waals surface area contributed by atoms with Crippen molar-refractivity contribution in [3.05, 3.63) is 0 Å². The van der Waals surface area contributed by atoms with Crippen molar-refractivity contribution in [2.45, 2.75) is 71.6 Å². The first-order valence-electron chi connectivity index (χ1n) is 6.89.